The van der Waals surface area contributed by atoms with Crippen molar-refractivity contribution < 1.29 is 36.6 Å². The van der Waals surface area contributed by atoms with Crippen molar-refractivity contribution in [2.45, 2.75) is 37.6 Å². The summed E-state index contributed by atoms with van der Waals surface area (Å²) in [5.74, 6) is -0.111. The van der Waals surface area contributed by atoms with Gasteiger partial charge in [-0.2, -0.15) is 23.1 Å². The largest absolute Gasteiger partial charge is 0.481 e. The van der Waals surface area contributed by atoms with Crippen molar-refractivity contribution in [2.75, 3.05) is 53.0 Å². The van der Waals surface area contributed by atoms with Crippen LogP contribution in [0.15, 0.2) is 83.5 Å². The number of nitrogens with zero attached hydrogens (tertiary/aromatic N) is 5. The van der Waals surface area contributed by atoms with Crippen molar-refractivity contribution in [2.24, 2.45) is 0 Å². The molecular weight excluding hydrogens is 698 g/mol. The Bertz CT molecular complexity index is 1610. The van der Waals surface area contributed by atoms with E-state index in [1.165, 1.54) is 13.4 Å². The van der Waals surface area contributed by atoms with E-state index in [1.54, 1.807) is 24.0 Å². The molecule has 1 unspecified atom stereocenters. The number of alkyl halides is 3. The fourth-order valence-corrected chi connectivity index (χ4v) is 6.75. The highest BCUT2D eigenvalue weighted by atomic mass is 35.5. The molecule has 6 rings (SSSR count). The molecule has 15 heteroatoms. The molecule has 2 aromatic carbocycles. The lowest BCUT2D eigenvalue weighted by molar-refractivity contribution is -0.154. The molecule has 2 aliphatic rings. The Labute approximate surface area is 301 Å². The Morgan fingerprint density at radius 3 is 2.14 bits per heavy atom. The average Bonchev–Trinajstić information content (AvgIpc) is 3.64. The molecule has 4 heterocycles. The first kappa shape index (κ1) is 38.8. The van der Waals surface area contributed by atoms with Crippen molar-refractivity contribution in [3.05, 3.63) is 102 Å². The van der Waals surface area contributed by atoms with Crippen molar-refractivity contribution in [1.82, 2.24) is 24.7 Å². The maximum atomic E-state index is 13.4. The number of carbonyl (C=O) groups is 1. The van der Waals surface area contributed by atoms with E-state index in [1.807, 2.05) is 36.4 Å². The molecule has 0 N–H and O–H groups in total. The Kier molecular flexibility index (Phi) is 13.4. The second-order valence-corrected chi connectivity index (χ2v) is 11.8. The van der Waals surface area contributed by atoms with Crippen LogP contribution < -0.4 is 14.2 Å². The van der Waals surface area contributed by atoms with Crippen molar-refractivity contribution in [1.29, 1.82) is 0 Å². The molecule has 4 aromatic rings. The van der Waals surface area contributed by atoms with Gasteiger partial charge in [-0.05, 0) is 30.2 Å². The first-order valence-electron chi connectivity index (χ1n) is 15.9. The van der Waals surface area contributed by atoms with Crippen molar-refractivity contribution >= 4 is 30.7 Å². The lowest BCUT2D eigenvalue weighted by Gasteiger charge is -2.53. The van der Waals surface area contributed by atoms with Crippen LogP contribution in [0.2, 0.25) is 0 Å². The van der Waals surface area contributed by atoms with Crippen LogP contribution in [0.1, 0.15) is 40.1 Å². The molecule has 2 aromatic heterocycles. The second kappa shape index (κ2) is 17.3. The number of benzene rings is 2. The summed E-state index contributed by atoms with van der Waals surface area (Å²) in [5.41, 5.74) is 2.56. The number of methoxy groups -OCH3 is 1. The van der Waals surface area contributed by atoms with E-state index >= 15 is 0 Å². The molecule has 2 saturated heterocycles. The Hall–Kier alpha value is -4.04. The number of carbonyl (C=O) groups excluding carboxylic acids is 1. The first-order valence-corrected chi connectivity index (χ1v) is 15.9. The molecule has 0 radical (unpaired) electrons. The molecule has 0 bridgehead atoms. The van der Waals surface area contributed by atoms with Crippen molar-refractivity contribution in [3.63, 3.8) is 0 Å². The van der Waals surface area contributed by atoms with Gasteiger partial charge in [-0.25, -0.2) is 0 Å². The van der Waals surface area contributed by atoms with Crippen LogP contribution in [0.5, 0.6) is 17.8 Å². The smallest absolute Gasteiger partial charge is 0.422 e. The quantitative estimate of drug-likeness (QED) is 0.181. The zero-order chi connectivity index (χ0) is 33.7. The summed E-state index contributed by atoms with van der Waals surface area (Å²) in [7, 11) is 1.40. The number of amides is 1. The minimum atomic E-state index is -4.58. The van der Waals surface area contributed by atoms with Gasteiger partial charge < -0.3 is 23.5 Å². The molecule has 270 valence electrons. The third-order valence-electron chi connectivity index (χ3n) is 8.72. The maximum Gasteiger partial charge on any atom is 0.422 e. The fourth-order valence-electron chi connectivity index (χ4n) is 6.75. The Morgan fingerprint density at radius 1 is 0.900 bits per heavy atom. The van der Waals surface area contributed by atoms with Gasteiger partial charge in [0.1, 0.15) is 0 Å². The highest BCUT2D eigenvalue weighted by molar-refractivity contribution is 5.91. The molecule has 10 nitrogen and oxygen atoms in total. The number of piperazine rings is 2. The third-order valence-corrected chi connectivity index (χ3v) is 8.72. The molecule has 0 spiro atoms. The number of aromatic nitrogens is 2. The summed E-state index contributed by atoms with van der Waals surface area (Å²) in [4.78, 5) is 28.3. The number of hydrogen-bond donors (Lipinski definition) is 0. The normalized spacial score (nSPS) is 18.1. The highest BCUT2D eigenvalue weighted by Gasteiger charge is 2.44. The minimum absolute atomic E-state index is 0. The van der Waals surface area contributed by atoms with Crippen LogP contribution in [0.25, 0.3) is 0 Å². The zero-order valence-electron chi connectivity index (χ0n) is 27.6. The van der Waals surface area contributed by atoms with E-state index in [9.17, 15) is 18.0 Å². The molecule has 2 atom stereocenters. The highest BCUT2D eigenvalue weighted by Crippen LogP contribution is 2.38. The number of furan rings is 1. The van der Waals surface area contributed by atoms with E-state index in [-0.39, 0.29) is 91.0 Å². The van der Waals surface area contributed by atoms with E-state index in [4.69, 9.17) is 18.6 Å². The number of rotatable bonds is 11. The van der Waals surface area contributed by atoms with Gasteiger partial charge in [0.2, 0.25) is 11.8 Å². The molecular formula is C35H40Cl2F3N5O5. The number of hydrogen-bond acceptors (Lipinski definition) is 9. The van der Waals surface area contributed by atoms with Gasteiger partial charge in [-0.1, -0.05) is 60.7 Å². The van der Waals surface area contributed by atoms with E-state index < -0.39 is 12.8 Å². The number of halogens is 5. The topological polar surface area (TPSA) is 93.4 Å². The molecule has 2 aliphatic heterocycles. The zero-order valence-corrected chi connectivity index (χ0v) is 29.3. The Morgan fingerprint density at radius 2 is 1.56 bits per heavy atom. The lowest BCUT2D eigenvalue weighted by atomic mass is 9.81. The van der Waals surface area contributed by atoms with Crippen LogP contribution in [-0.4, -0.2) is 102 Å². The van der Waals surface area contributed by atoms with Crippen LogP contribution >= 0.6 is 24.8 Å². The summed E-state index contributed by atoms with van der Waals surface area (Å²) in [6, 6.07) is 23.6. The minimum Gasteiger partial charge on any atom is -0.481 e. The SMILES string of the molecule is CCOc1nc(OC)c(CN2CC(C(c3ccccc3)c3ccccc3)N3CCN(C(=O)c4ccco4)C[C@H]3C2)c(OCC(F)(F)F)n1.Cl.Cl. The summed E-state index contributed by atoms with van der Waals surface area (Å²) in [6.07, 6.45) is -3.10. The van der Waals surface area contributed by atoms with E-state index in [0.29, 0.717) is 32.7 Å². The van der Waals surface area contributed by atoms with Crippen LogP contribution in [0, 0.1) is 0 Å². The van der Waals surface area contributed by atoms with Gasteiger partial charge in [-0.3, -0.25) is 14.6 Å². The monoisotopic (exact) mass is 737 g/mol. The third kappa shape index (κ3) is 9.00. The number of fused-ring (bicyclic) bond motifs is 1. The van der Waals surface area contributed by atoms with Gasteiger partial charge in [0.15, 0.2) is 12.4 Å². The van der Waals surface area contributed by atoms with Gasteiger partial charge in [-0.15, -0.1) is 24.8 Å². The van der Waals surface area contributed by atoms with Gasteiger partial charge >= 0.3 is 12.2 Å². The van der Waals surface area contributed by atoms with Crippen molar-refractivity contribution in [3.8, 4) is 17.8 Å². The first-order chi connectivity index (χ1) is 23.2. The number of ether oxygens (including phenoxy) is 3. The lowest BCUT2D eigenvalue weighted by Crippen LogP contribution is -2.67. The van der Waals surface area contributed by atoms with Gasteiger partial charge in [0.05, 0.1) is 25.5 Å². The van der Waals surface area contributed by atoms with Gasteiger partial charge in [0, 0.05) is 57.3 Å². The predicted molar refractivity (Wildman–Crippen MR) is 185 cm³/mol. The second-order valence-electron chi connectivity index (χ2n) is 11.8. The standard InChI is InChI=1S/C35H38F3N5O5.2ClH/c1-3-46-34-39-31(45-2)27(32(40-34)48-23-35(36,37)38)21-41-19-26-20-42(33(44)29-15-10-18-47-29)16-17-43(26)28(22-41)30(24-11-6-4-7-12-24)25-13-8-5-9-14-25;;/h4-15,18,26,28,30H,3,16-17,19-23H2,1-2H3;2*1H/t26-,28?;;/m1../s1. The van der Waals surface area contributed by atoms with E-state index in [2.05, 4.69) is 44.0 Å². The van der Waals surface area contributed by atoms with Crippen LogP contribution in [0.4, 0.5) is 13.2 Å². The van der Waals surface area contributed by atoms with Crippen LogP contribution in [0.3, 0.4) is 0 Å². The maximum absolute atomic E-state index is 13.4. The summed E-state index contributed by atoms with van der Waals surface area (Å²) < 4.78 is 61.6. The molecule has 1 amide bonds. The van der Waals surface area contributed by atoms with Gasteiger partial charge in [0.25, 0.3) is 5.91 Å². The molecule has 0 saturated carbocycles. The average molecular weight is 739 g/mol. The fraction of sp³-hybridized carbons (Fsp3) is 0.400. The Balaban J connectivity index is 0.00000281. The summed E-state index contributed by atoms with van der Waals surface area (Å²) in [6.45, 7) is 3.23. The molecule has 2 fully saturated rings. The van der Waals surface area contributed by atoms with Crippen LogP contribution in [-0.2, 0) is 6.54 Å². The van der Waals surface area contributed by atoms with E-state index in [0.717, 1.165) is 11.1 Å². The molecule has 50 heavy (non-hydrogen) atoms. The predicted octanol–water partition coefficient (Wildman–Crippen LogP) is 6.10. The summed E-state index contributed by atoms with van der Waals surface area (Å²) in [5, 5.41) is 0. The molecule has 0 aliphatic carbocycles. The summed E-state index contributed by atoms with van der Waals surface area (Å²) >= 11 is 0.